The number of fused-ring (bicyclic) bond motifs is 1. The van der Waals surface area contributed by atoms with Crippen LogP contribution in [0.1, 0.15) is 41.9 Å². The van der Waals surface area contributed by atoms with Crippen LogP contribution in [-0.2, 0) is 6.54 Å². The Morgan fingerprint density at radius 2 is 2.13 bits per heavy atom. The minimum Gasteiger partial charge on any atom is -0.477 e. The third-order valence-corrected chi connectivity index (χ3v) is 6.54. The second kappa shape index (κ2) is 7.49. The number of carboxylic acid groups (broad SMARTS) is 1. The molecule has 0 spiro atoms. The molecule has 30 heavy (non-hydrogen) atoms. The molecule has 1 aliphatic rings. The fourth-order valence-electron chi connectivity index (χ4n) is 3.70. The van der Waals surface area contributed by atoms with Crippen molar-refractivity contribution in [3.05, 3.63) is 65.2 Å². The van der Waals surface area contributed by atoms with E-state index in [-0.39, 0.29) is 5.69 Å². The Balaban J connectivity index is 1.73. The van der Waals surface area contributed by atoms with Crippen LogP contribution in [0.25, 0.3) is 16.6 Å². The van der Waals surface area contributed by atoms with Gasteiger partial charge in [0.15, 0.2) is 0 Å². The molecule has 4 aromatic rings. The maximum Gasteiger partial charge on any atom is 0.354 e. The topological polar surface area (TPSA) is 72.9 Å². The number of nitrogens with zero attached hydrogens (tertiary/aromatic N) is 4. The van der Waals surface area contributed by atoms with Gasteiger partial charge in [0.2, 0.25) is 0 Å². The number of aromatic nitrogens is 4. The number of benzene rings is 1. The number of pyridine rings is 1. The van der Waals surface area contributed by atoms with Crippen LogP contribution in [0, 0.1) is 0 Å². The summed E-state index contributed by atoms with van der Waals surface area (Å²) in [6.07, 6.45) is 6.18. The largest absolute Gasteiger partial charge is 0.477 e. The quantitative estimate of drug-likeness (QED) is 0.422. The standard InChI is InChI=1S/C22H19ClN4O2S/c1-2-26-12-15(11-24-26)27-18-10-14(23)8-9-16(18)21(20(27)13-6-7-13)30-19-5-3-4-17(25-19)22(28)29/h3-5,8-13H,2,6-7H2,1H3,(H,28,29). The van der Waals surface area contributed by atoms with Crippen molar-refractivity contribution >= 4 is 40.2 Å². The molecule has 3 heterocycles. The molecule has 0 atom stereocenters. The smallest absolute Gasteiger partial charge is 0.354 e. The number of rotatable bonds is 6. The number of carboxylic acids is 1. The van der Waals surface area contributed by atoms with Crippen molar-refractivity contribution in [2.45, 2.75) is 42.1 Å². The van der Waals surface area contributed by atoms with E-state index in [2.05, 4.69) is 21.6 Å². The summed E-state index contributed by atoms with van der Waals surface area (Å²) in [5.41, 5.74) is 3.29. The number of hydrogen-bond donors (Lipinski definition) is 1. The fraction of sp³-hybridized carbons (Fsp3) is 0.227. The molecule has 8 heteroatoms. The minimum atomic E-state index is -1.03. The highest BCUT2D eigenvalue weighted by Crippen LogP contribution is 2.50. The lowest BCUT2D eigenvalue weighted by atomic mass is 10.2. The first-order chi connectivity index (χ1) is 14.5. The first-order valence-electron chi connectivity index (χ1n) is 9.80. The Kier molecular flexibility index (Phi) is 4.79. The van der Waals surface area contributed by atoms with Crippen LogP contribution in [0.3, 0.4) is 0 Å². The van der Waals surface area contributed by atoms with E-state index in [0.717, 1.165) is 40.9 Å². The Morgan fingerprint density at radius 3 is 2.83 bits per heavy atom. The van der Waals surface area contributed by atoms with Gasteiger partial charge >= 0.3 is 5.97 Å². The molecule has 0 bridgehead atoms. The lowest BCUT2D eigenvalue weighted by Gasteiger charge is -2.10. The SMILES string of the molecule is CCn1cc(-n2c(C3CC3)c(Sc3cccc(C(=O)O)n3)c3ccc(Cl)cc32)cn1. The van der Waals surface area contributed by atoms with Crippen molar-refractivity contribution in [3.63, 3.8) is 0 Å². The predicted octanol–water partition coefficient (Wildman–Crippen LogP) is 5.62. The van der Waals surface area contributed by atoms with Crippen LogP contribution in [0.2, 0.25) is 5.02 Å². The van der Waals surface area contributed by atoms with Crippen molar-refractivity contribution in [1.82, 2.24) is 19.3 Å². The summed E-state index contributed by atoms with van der Waals surface area (Å²) in [5.74, 6) is -0.577. The summed E-state index contributed by atoms with van der Waals surface area (Å²) in [4.78, 5) is 16.8. The summed E-state index contributed by atoms with van der Waals surface area (Å²) in [7, 11) is 0. The summed E-state index contributed by atoms with van der Waals surface area (Å²) in [6.45, 7) is 2.86. The predicted molar refractivity (Wildman–Crippen MR) is 117 cm³/mol. The molecule has 3 aromatic heterocycles. The van der Waals surface area contributed by atoms with Gasteiger partial charge in [0.1, 0.15) is 10.7 Å². The van der Waals surface area contributed by atoms with E-state index in [4.69, 9.17) is 11.6 Å². The maximum atomic E-state index is 11.4. The lowest BCUT2D eigenvalue weighted by Crippen LogP contribution is -2.01. The van der Waals surface area contributed by atoms with Crippen molar-refractivity contribution in [2.24, 2.45) is 0 Å². The molecule has 5 rings (SSSR count). The zero-order valence-corrected chi connectivity index (χ0v) is 17.8. The zero-order chi connectivity index (χ0) is 20.8. The molecule has 0 amide bonds. The lowest BCUT2D eigenvalue weighted by molar-refractivity contribution is 0.0689. The van der Waals surface area contributed by atoms with Gasteiger partial charge < -0.3 is 9.67 Å². The van der Waals surface area contributed by atoms with Crippen molar-refractivity contribution in [1.29, 1.82) is 0 Å². The van der Waals surface area contributed by atoms with Crippen molar-refractivity contribution in [2.75, 3.05) is 0 Å². The van der Waals surface area contributed by atoms with Gasteiger partial charge in [-0.3, -0.25) is 4.68 Å². The van der Waals surface area contributed by atoms with Gasteiger partial charge in [0.05, 0.1) is 17.4 Å². The molecule has 1 fully saturated rings. The van der Waals surface area contributed by atoms with Gasteiger partial charge in [-0.05, 0) is 44.0 Å². The van der Waals surface area contributed by atoms with Gasteiger partial charge in [-0.25, -0.2) is 9.78 Å². The molecule has 0 aliphatic heterocycles. The molecule has 1 N–H and O–H groups in total. The molecule has 6 nitrogen and oxygen atoms in total. The minimum absolute atomic E-state index is 0.0453. The van der Waals surface area contributed by atoms with Crippen LogP contribution in [0.5, 0.6) is 0 Å². The number of hydrogen-bond acceptors (Lipinski definition) is 4. The highest BCUT2D eigenvalue weighted by Gasteiger charge is 2.33. The first kappa shape index (κ1) is 19.2. The Bertz CT molecular complexity index is 1280. The van der Waals surface area contributed by atoms with Crippen LogP contribution in [0.4, 0.5) is 0 Å². The van der Waals surface area contributed by atoms with Crippen molar-refractivity contribution < 1.29 is 9.90 Å². The van der Waals surface area contributed by atoms with Gasteiger partial charge in [-0.1, -0.05) is 35.5 Å². The highest BCUT2D eigenvalue weighted by atomic mass is 35.5. The van der Waals surface area contributed by atoms with Gasteiger partial charge in [0, 0.05) is 39.7 Å². The molecular formula is C22H19ClN4O2S. The molecular weight excluding hydrogens is 420 g/mol. The average Bonchev–Trinajstić information content (AvgIpc) is 3.38. The molecule has 0 saturated heterocycles. The third-order valence-electron chi connectivity index (χ3n) is 5.23. The number of aryl methyl sites for hydroxylation is 1. The van der Waals surface area contributed by atoms with E-state index in [9.17, 15) is 9.90 Å². The Hall–Kier alpha value is -2.77. The molecule has 1 saturated carbocycles. The highest BCUT2D eigenvalue weighted by molar-refractivity contribution is 7.99. The summed E-state index contributed by atoms with van der Waals surface area (Å²) in [5, 5.41) is 16.2. The molecule has 152 valence electrons. The Labute approximate surface area is 182 Å². The van der Waals surface area contributed by atoms with Crippen LogP contribution < -0.4 is 0 Å². The maximum absolute atomic E-state index is 11.4. The Morgan fingerprint density at radius 1 is 1.30 bits per heavy atom. The summed E-state index contributed by atoms with van der Waals surface area (Å²) >= 11 is 7.88. The van der Waals surface area contributed by atoms with E-state index in [1.54, 1.807) is 6.07 Å². The molecule has 0 unspecified atom stereocenters. The molecule has 0 radical (unpaired) electrons. The monoisotopic (exact) mass is 438 g/mol. The first-order valence-corrected chi connectivity index (χ1v) is 11.0. The number of carbonyl (C=O) groups is 1. The van der Waals surface area contributed by atoms with Crippen LogP contribution >= 0.6 is 23.4 Å². The van der Waals surface area contributed by atoms with E-state index in [0.29, 0.717) is 16.0 Å². The summed E-state index contributed by atoms with van der Waals surface area (Å²) < 4.78 is 4.16. The van der Waals surface area contributed by atoms with Crippen LogP contribution in [-0.4, -0.2) is 30.4 Å². The molecule has 1 aliphatic carbocycles. The van der Waals surface area contributed by atoms with Crippen molar-refractivity contribution in [3.8, 4) is 5.69 Å². The van der Waals surface area contributed by atoms with Crippen LogP contribution in [0.15, 0.2) is 58.7 Å². The fourth-order valence-corrected chi connectivity index (χ4v) is 5.01. The van der Waals surface area contributed by atoms with E-state index in [1.165, 1.54) is 23.5 Å². The van der Waals surface area contributed by atoms with Gasteiger partial charge in [-0.2, -0.15) is 5.10 Å². The van der Waals surface area contributed by atoms with E-state index >= 15 is 0 Å². The average molecular weight is 439 g/mol. The second-order valence-corrected chi connectivity index (χ2v) is 8.78. The van der Waals surface area contributed by atoms with E-state index < -0.39 is 5.97 Å². The second-order valence-electron chi connectivity index (χ2n) is 7.31. The summed E-state index contributed by atoms with van der Waals surface area (Å²) in [6, 6.07) is 11.0. The normalized spacial score (nSPS) is 13.8. The molecule has 1 aromatic carbocycles. The zero-order valence-electron chi connectivity index (χ0n) is 16.2. The number of halogens is 1. The third kappa shape index (κ3) is 3.38. The van der Waals surface area contributed by atoms with Gasteiger partial charge in [0.25, 0.3) is 0 Å². The van der Waals surface area contributed by atoms with E-state index in [1.807, 2.05) is 41.3 Å². The van der Waals surface area contributed by atoms with Gasteiger partial charge in [-0.15, -0.1) is 0 Å². The number of aromatic carboxylic acids is 1.